The summed E-state index contributed by atoms with van der Waals surface area (Å²) in [7, 11) is -4.07. The van der Waals surface area contributed by atoms with Crippen LogP contribution in [-0.2, 0) is 16.6 Å². The molecule has 0 fully saturated rings. The quantitative estimate of drug-likeness (QED) is 0.463. The molecule has 1 amide bonds. The van der Waals surface area contributed by atoms with Crippen molar-refractivity contribution in [2.75, 3.05) is 11.3 Å². The Labute approximate surface area is 187 Å². The predicted molar refractivity (Wildman–Crippen MR) is 113 cm³/mol. The number of para-hydroxylation sites is 1. The van der Waals surface area contributed by atoms with Crippen molar-refractivity contribution in [3.8, 4) is 5.75 Å². The minimum atomic E-state index is -4.46. The van der Waals surface area contributed by atoms with Gasteiger partial charge in [0.2, 0.25) is 0 Å². The van der Waals surface area contributed by atoms with Crippen molar-refractivity contribution in [1.82, 2.24) is 5.32 Å². The molecule has 3 aromatic carbocycles. The third kappa shape index (κ3) is 6.94. The topological polar surface area (TPSA) is 84.5 Å². The van der Waals surface area contributed by atoms with E-state index < -0.39 is 34.5 Å². The van der Waals surface area contributed by atoms with E-state index in [1.165, 1.54) is 60.7 Å². The Hall–Kier alpha value is -3.60. The fourth-order valence-corrected chi connectivity index (χ4v) is 3.80. The number of rotatable bonds is 8. The Kier molecular flexibility index (Phi) is 7.22. The Morgan fingerprint density at radius 3 is 2.30 bits per heavy atom. The number of amides is 1. The number of carbonyl (C=O) groups excluding carboxylic acids is 1. The van der Waals surface area contributed by atoms with Gasteiger partial charge in [0, 0.05) is 12.1 Å². The highest BCUT2D eigenvalue weighted by Crippen LogP contribution is 2.21. The second kappa shape index (κ2) is 9.90. The van der Waals surface area contributed by atoms with Crippen molar-refractivity contribution >= 4 is 21.6 Å². The molecule has 0 aliphatic carbocycles. The Bertz CT molecular complexity index is 1230. The maximum absolute atomic E-state index is 13.7. The zero-order chi connectivity index (χ0) is 24.1. The Balaban J connectivity index is 1.61. The van der Waals surface area contributed by atoms with Crippen LogP contribution < -0.4 is 14.8 Å². The largest absolute Gasteiger partial charge is 0.484 e. The van der Waals surface area contributed by atoms with E-state index in [2.05, 4.69) is 14.8 Å². The van der Waals surface area contributed by atoms with Gasteiger partial charge in [-0.3, -0.25) is 9.52 Å². The molecule has 0 aromatic heterocycles. The number of benzene rings is 3. The van der Waals surface area contributed by atoms with Crippen molar-refractivity contribution in [3.05, 3.63) is 89.7 Å². The maximum Gasteiger partial charge on any atom is 0.422 e. The minimum absolute atomic E-state index is 0.0102. The van der Waals surface area contributed by atoms with Gasteiger partial charge in [-0.1, -0.05) is 24.3 Å². The van der Waals surface area contributed by atoms with E-state index in [-0.39, 0.29) is 28.4 Å². The second-order valence-corrected chi connectivity index (χ2v) is 8.53. The van der Waals surface area contributed by atoms with Crippen molar-refractivity contribution in [2.45, 2.75) is 17.6 Å². The molecule has 0 aliphatic heterocycles. The van der Waals surface area contributed by atoms with Gasteiger partial charge in [-0.15, -0.1) is 0 Å². The average molecular weight is 482 g/mol. The molecule has 0 atom stereocenters. The molecule has 3 rings (SSSR count). The Morgan fingerprint density at radius 2 is 1.64 bits per heavy atom. The molecule has 33 heavy (non-hydrogen) atoms. The SMILES string of the molecule is O=C(NCc1cccc(OCC(F)(F)F)c1)c1ccc(S(=O)(=O)Nc2ccccc2F)cc1. The lowest BCUT2D eigenvalue weighted by molar-refractivity contribution is -0.153. The molecule has 0 spiro atoms. The first-order valence-electron chi connectivity index (χ1n) is 9.48. The number of nitrogens with one attached hydrogen (secondary N) is 2. The van der Waals surface area contributed by atoms with Crippen molar-refractivity contribution in [3.63, 3.8) is 0 Å². The molecule has 2 N–H and O–H groups in total. The average Bonchev–Trinajstić information content (AvgIpc) is 2.77. The molecular weight excluding hydrogens is 464 g/mol. The molecule has 0 bridgehead atoms. The highest BCUT2D eigenvalue weighted by molar-refractivity contribution is 7.92. The van der Waals surface area contributed by atoms with E-state index in [1.807, 2.05) is 0 Å². The second-order valence-electron chi connectivity index (χ2n) is 6.84. The molecule has 11 heteroatoms. The zero-order valence-electron chi connectivity index (χ0n) is 16.9. The molecule has 0 saturated carbocycles. The van der Waals surface area contributed by atoms with Crippen LogP contribution in [0.3, 0.4) is 0 Å². The molecule has 3 aromatic rings. The van der Waals surface area contributed by atoms with E-state index >= 15 is 0 Å². The van der Waals surface area contributed by atoms with Crippen LogP contribution in [0.5, 0.6) is 5.75 Å². The number of carbonyl (C=O) groups is 1. The standard InChI is InChI=1S/C22H18F4N2O4S/c23-19-6-1-2-7-20(19)28-33(30,31)18-10-8-16(9-11-18)21(29)27-13-15-4-3-5-17(12-15)32-14-22(24,25)26/h1-12,28H,13-14H2,(H,27,29). The van der Waals surface area contributed by atoms with E-state index in [1.54, 1.807) is 6.07 Å². The Morgan fingerprint density at radius 1 is 0.939 bits per heavy atom. The molecule has 0 aliphatic rings. The molecule has 6 nitrogen and oxygen atoms in total. The summed E-state index contributed by atoms with van der Waals surface area (Å²) in [6, 6.07) is 16.1. The summed E-state index contributed by atoms with van der Waals surface area (Å²) in [6.07, 6.45) is -4.46. The highest BCUT2D eigenvalue weighted by Gasteiger charge is 2.28. The van der Waals surface area contributed by atoms with Gasteiger partial charge in [0.1, 0.15) is 11.6 Å². The monoisotopic (exact) mass is 482 g/mol. The van der Waals surface area contributed by atoms with Gasteiger partial charge in [-0.2, -0.15) is 13.2 Å². The summed E-state index contributed by atoms with van der Waals surface area (Å²) in [5.74, 6) is -1.25. The van der Waals surface area contributed by atoms with Crippen LogP contribution >= 0.6 is 0 Å². The van der Waals surface area contributed by atoms with Gasteiger partial charge in [0.15, 0.2) is 6.61 Å². The normalized spacial score (nSPS) is 11.6. The molecule has 0 unspecified atom stereocenters. The number of sulfonamides is 1. The van der Waals surface area contributed by atoms with Crippen molar-refractivity contribution in [1.29, 1.82) is 0 Å². The first-order valence-corrected chi connectivity index (χ1v) is 11.0. The number of anilines is 1. The third-order valence-electron chi connectivity index (χ3n) is 4.30. The third-order valence-corrected chi connectivity index (χ3v) is 5.68. The number of halogens is 4. The lowest BCUT2D eigenvalue weighted by atomic mass is 10.2. The van der Waals surface area contributed by atoms with Gasteiger partial charge < -0.3 is 10.1 Å². The zero-order valence-corrected chi connectivity index (χ0v) is 17.7. The molecule has 0 radical (unpaired) electrons. The molecule has 174 valence electrons. The van der Waals surface area contributed by atoms with Crippen LogP contribution in [0.2, 0.25) is 0 Å². The van der Waals surface area contributed by atoms with E-state index in [4.69, 9.17) is 0 Å². The fourth-order valence-electron chi connectivity index (χ4n) is 2.73. The molecular formula is C22H18F4N2O4S. The van der Waals surface area contributed by atoms with E-state index in [0.717, 1.165) is 6.07 Å². The smallest absolute Gasteiger partial charge is 0.422 e. The fraction of sp³-hybridized carbons (Fsp3) is 0.136. The summed E-state index contributed by atoms with van der Waals surface area (Å²) in [5.41, 5.74) is 0.460. The van der Waals surface area contributed by atoms with Gasteiger partial charge >= 0.3 is 6.18 Å². The highest BCUT2D eigenvalue weighted by atomic mass is 32.2. The summed E-state index contributed by atoms with van der Waals surface area (Å²) < 4.78 is 82.2. The van der Waals surface area contributed by atoms with Crippen LogP contribution in [0, 0.1) is 5.82 Å². The van der Waals surface area contributed by atoms with Crippen molar-refractivity contribution in [2.24, 2.45) is 0 Å². The number of hydrogen-bond donors (Lipinski definition) is 2. The minimum Gasteiger partial charge on any atom is -0.484 e. The van der Waals surface area contributed by atoms with Gasteiger partial charge in [0.25, 0.3) is 15.9 Å². The number of alkyl halides is 3. The van der Waals surface area contributed by atoms with Crippen molar-refractivity contribution < 1.29 is 35.5 Å². The van der Waals surface area contributed by atoms with E-state index in [0.29, 0.717) is 5.56 Å². The number of hydrogen-bond acceptors (Lipinski definition) is 4. The van der Waals surface area contributed by atoms with Crippen LogP contribution in [0.25, 0.3) is 0 Å². The summed E-state index contributed by atoms with van der Waals surface area (Å²) in [5, 5.41) is 2.59. The molecule has 0 saturated heterocycles. The summed E-state index contributed by atoms with van der Waals surface area (Å²) in [6.45, 7) is -1.42. The van der Waals surface area contributed by atoms with Crippen LogP contribution in [0.4, 0.5) is 23.2 Å². The van der Waals surface area contributed by atoms with Crippen LogP contribution in [0.1, 0.15) is 15.9 Å². The lowest BCUT2D eigenvalue weighted by Gasteiger charge is -2.11. The van der Waals surface area contributed by atoms with Gasteiger partial charge in [0.05, 0.1) is 10.6 Å². The first kappa shape index (κ1) is 24.1. The summed E-state index contributed by atoms with van der Waals surface area (Å²) in [4.78, 5) is 12.2. The maximum atomic E-state index is 13.7. The molecule has 0 heterocycles. The predicted octanol–water partition coefficient (Wildman–Crippen LogP) is 4.50. The lowest BCUT2D eigenvalue weighted by Crippen LogP contribution is -2.23. The summed E-state index contributed by atoms with van der Waals surface area (Å²) >= 11 is 0. The number of ether oxygens (including phenoxy) is 1. The van der Waals surface area contributed by atoms with Crippen LogP contribution in [-0.4, -0.2) is 27.1 Å². The van der Waals surface area contributed by atoms with E-state index in [9.17, 15) is 30.8 Å². The van der Waals surface area contributed by atoms with Gasteiger partial charge in [-0.05, 0) is 54.1 Å². The first-order chi connectivity index (χ1) is 15.5. The van der Waals surface area contributed by atoms with Crippen LogP contribution in [0.15, 0.2) is 77.7 Å². The van der Waals surface area contributed by atoms with Gasteiger partial charge in [-0.25, -0.2) is 12.8 Å².